The van der Waals surface area contributed by atoms with Crippen molar-refractivity contribution in [2.75, 3.05) is 6.54 Å². The van der Waals surface area contributed by atoms with Crippen LogP contribution < -0.4 is 5.32 Å². The summed E-state index contributed by atoms with van der Waals surface area (Å²) >= 11 is 0. The molecule has 0 bridgehead atoms. The molecule has 0 saturated heterocycles. The lowest BCUT2D eigenvalue weighted by Crippen LogP contribution is -2.20. The Morgan fingerprint density at radius 2 is 1.60 bits per heavy atom. The SMILES string of the molecule is CCC.Cc1ccc(C(=O)c2cc(C)cn2C/C=C/c2cccc(C)c2)cc1.O=CNCC(=O)O. The number of carbonyl (C=O) groups excluding carboxylic acids is 2. The first-order valence-electron chi connectivity index (χ1n) is 11.6. The van der Waals surface area contributed by atoms with E-state index >= 15 is 0 Å². The van der Waals surface area contributed by atoms with Crippen molar-refractivity contribution in [1.82, 2.24) is 9.88 Å². The lowest BCUT2D eigenvalue weighted by Gasteiger charge is -2.06. The van der Waals surface area contributed by atoms with Crippen molar-refractivity contribution < 1.29 is 19.5 Å². The lowest BCUT2D eigenvalue weighted by molar-refractivity contribution is -0.136. The van der Waals surface area contributed by atoms with Gasteiger partial charge in [0.25, 0.3) is 0 Å². The summed E-state index contributed by atoms with van der Waals surface area (Å²) in [5.41, 5.74) is 6.14. The third kappa shape index (κ3) is 11.2. The number of nitrogens with one attached hydrogen (secondary N) is 1. The van der Waals surface area contributed by atoms with E-state index < -0.39 is 5.97 Å². The number of aryl methyl sites for hydroxylation is 3. The first kappa shape index (κ1) is 29.1. The number of carboxylic acids is 1. The molecule has 35 heavy (non-hydrogen) atoms. The Morgan fingerprint density at radius 3 is 2.14 bits per heavy atom. The molecule has 0 radical (unpaired) electrons. The Balaban J connectivity index is 0.000000521. The van der Waals surface area contributed by atoms with Gasteiger partial charge >= 0.3 is 5.97 Å². The number of aromatic nitrogens is 1. The zero-order valence-electron chi connectivity index (χ0n) is 21.2. The Labute approximate surface area is 208 Å². The van der Waals surface area contributed by atoms with Crippen molar-refractivity contribution in [2.45, 2.75) is 47.6 Å². The van der Waals surface area contributed by atoms with Crippen molar-refractivity contribution in [2.24, 2.45) is 0 Å². The van der Waals surface area contributed by atoms with Gasteiger partial charge in [-0.25, -0.2) is 0 Å². The van der Waals surface area contributed by atoms with Gasteiger partial charge in [0.1, 0.15) is 6.54 Å². The van der Waals surface area contributed by atoms with Crippen LogP contribution >= 0.6 is 0 Å². The smallest absolute Gasteiger partial charge is 0.322 e. The molecule has 1 aromatic heterocycles. The van der Waals surface area contributed by atoms with E-state index in [1.807, 2.05) is 60.3 Å². The van der Waals surface area contributed by atoms with E-state index in [1.54, 1.807) is 0 Å². The molecule has 0 fully saturated rings. The van der Waals surface area contributed by atoms with Crippen LogP contribution in [0.1, 0.15) is 58.6 Å². The Hall–Kier alpha value is -3.93. The van der Waals surface area contributed by atoms with Crippen LogP contribution in [0.2, 0.25) is 0 Å². The predicted octanol–water partition coefficient (Wildman–Crippen LogP) is 5.59. The van der Waals surface area contributed by atoms with Crippen molar-refractivity contribution >= 4 is 24.2 Å². The average Bonchev–Trinajstić information content (AvgIpc) is 3.19. The largest absolute Gasteiger partial charge is 0.480 e. The second kappa shape index (κ2) is 15.8. The van der Waals surface area contributed by atoms with Gasteiger partial charge in [0.2, 0.25) is 12.2 Å². The maximum absolute atomic E-state index is 12.8. The van der Waals surface area contributed by atoms with Crippen molar-refractivity contribution in [3.63, 3.8) is 0 Å². The summed E-state index contributed by atoms with van der Waals surface area (Å²) in [6, 6.07) is 18.1. The van der Waals surface area contributed by atoms with E-state index in [9.17, 15) is 14.4 Å². The number of benzene rings is 2. The number of carbonyl (C=O) groups is 3. The summed E-state index contributed by atoms with van der Waals surface area (Å²) < 4.78 is 2.02. The maximum Gasteiger partial charge on any atom is 0.322 e. The van der Waals surface area contributed by atoms with E-state index in [0.29, 0.717) is 13.0 Å². The first-order valence-corrected chi connectivity index (χ1v) is 11.6. The monoisotopic (exact) mass is 476 g/mol. The van der Waals surface area contributed by atoms with Crippen LogP contribution in [0.4, 0.5) is 0 Å². The highest BCUT2D eigenvalue weighted by molar-refractivity contribution is 6.08. The molecule has 186 valence electrons. The minimum absolute atomic E-state index is 0.0667. The molecular formula is C29H36N2O4. The van der Waals surface area contributed by atoms with Crippen molar-refractivity contribution in [1.29, 1.82) is 0 Å². The van der Waals surface area contributed by atoms with E-state index in [4.69, 9.17) is 5.11 Å². The summed E-state index contributed by atoms with van der Waals surface area (Å²) in [4.78, 5) is 31.7. The molecule has 3 aromatic rings. The number of amides is 1. The molecule has 3 rings (SSSR count). The minimum Gasteiger partial charge on any atom is -0.480 e. The fourth-order valence-electron chi connectivity index (χ4n) is 3.06. The van der Waals surface area contributed by atoms with Crippen LogP contribution in [0.5, 0.6) is 0 Å². The third-order valence-electron chi connectivity index (χ3n) is 4.57. The lowest BCUT2D eigenvalue weighted by atomic mass is 10.1. The van der Waals surface area contributed by atoms with E-state index in [-0.39, 0.29) is 12.3 Å². The normalized spacial score (nSPS) is 9.97. The van der Waals surface area contributed by atoms with E-state index in [0.717, 1.165) is 22.4 Å². The van der Waals surface area contributed by atoms with Crippen LogP contribution in [-0.4, -0.2) is 34.4 Å². The molecule has 1 amide bonds. The van der Waals surface area contributed by atoms with Gasteiger partial charge in [-0.05, 0) is 38.0 Å². The molecule has 6 heteroatoms. The van der Waals surface area contributed by atoms with E-state index in [2.05, 4.69) is 57.2 Å². The highest BCUT2D eigenvalue weighted by Crippen LogP contribution is 2.15. The average molecular weight is 477 g/mol. The number of nitrogens with zero attached hydrogens (tertiary/aromatic N) is 1. The molecule has 6 nitrogen and oxygen atoms in total. The van der Waals surface area contributed by atoms with Gasteiger partial charge in [0, 0.05) is 18.3 Å². The molecule has 1 heterocycles. The molecule has 0 aliphatic carbocycles. The van der Waals surface area contributed by atoms with Crippen LogP contribution in [0, 0.1) is 20.8 Å². The number of hydrogen-bond acceptors (Lipinski definition) is 3. The second-order valence-electron chi connectivity index (χ2n) is 8.17. The molecule has 0 unspecified atom stereocenters. The molecule has 2 N–H and O–H groups in total. The highest BCUT2D eigenvalue weighted by atomic mass is 16.4. The summed E-state index contributed by atoms with van der Waals surface area (Å²) in [6.07, 6.45) is 7.82. The van der Waals surface area contributed by atoms with Gasteiger partial charge in [-0.15, -0.1) is 0 Å². The third-order valence-corrected chi connectivity index (χ3v) is 4.57. The summed E-state index contributed by atoms with van der Waals surface area (Å²) in [5.74, 6) is -0.968. The topological polar surface area (TPSA) is 88.4 Å². The predicted molar refractivity (Wildman–Crippen MR) is 142 cm³/mol. The Bertz CT molecular complexity index is 1110. The number of ketones is 1. The van der Waals surface area contributed by atoms with Crippen molar-refractivity contribution in [3.8, 4) is 0 Å². The van der Waals surface area contributed by atoms with Crippen LogP contribution in [0.25, 0.3) is 6.08 Å². The number of carboxylic acid groups (broad SMARTS) is 1. The molecule has 2 aromatic carbocycles. The molecule has 0 aliphatic rings. The standard InChI is InChI=1S/C23H23NO.C3H5NO3.C3H8/c1-17-9-11-21(12-10-17)23(25)22-15-19(3)16-24(22)13-5-8-20-7-4-6-18(2)14-20;5-2-4-1-3(6)7;1-3-2/h4-12,14-16H,13H2,1-3H3;2H,1H2,(H,4,5)(H,6,7);3H2,1-2H3/b8-5+;;. The second-order valence-corrected chi connectivity index (χ2v) is 8.17. The number of rotatable bonds is 8. The van der Waals surface area contributed by atoms with Crippen LogP contribution in [-0.2, 0) is 16.1 Å². The van der Waals surface area contributed by atoms with Gasteiger partial charge in [-0.3, -0.25) is 14.4 Å². The molecule has 0 spiro atoms. The quantitative estimate of drug-likeness (QED) is 0.328. The molecule has 0 atom stereocenters. The fraction of sp³-hybridized carbons (Fsp3) is 0.276. The number of hydrogen-bond donors (Lipinski definition) is 2. The van der Waals surface area contributed by atoms with Crippen LogP contribution in [0.15, 0.2) is 66.9 Å². The Kier molecular flexibility index (Phi) is 13.2. The minimum atomic E-state index is -1.04. The molecular weight excluding hydrogens is 440 g/mol. The van der Waals surface area contributed by atoms with Gasteiger partial charge in [0.05, 0.1) is 5.69 Å². The van der Waals surface area contributed by atoms with Gasteiger partial charge < -0.3 is 15.0 Å². The van der Waals surface area contributed by atoms with Gasteiger partial charge in [0.15, 0.2) is 0 Å². The molecule has 0 aliphatic heterocycles. The van der Waals surface area contributed by atoms with Crippen molar-refractivity contribution in [3.05, 3.63) is 100 Å². The number of aliphatic carboxylic acids is 1. The van der Waals surface area contributed by atoms with E-state index in [1.165, 1.54) is 17.5 Å². The Morgan fingerprint density at radius 1 is 0.943 bits per heavy atom. The van der Waals surface area contributed by atoms with Gasteiger partial charge in [-0.2, -0.15) is 0 Å². The maximum atomic E-state index is 12.8. The zero-order chi connectivity index (χ0) is 26.2. The van der Waals surface area contributed by atoms with Crippen LogP contribution in [0.3, 0.4) is 0 Å². The highest BCUT2D eigenvalue weighted by Gasteiger charge is 2.14. The zero-order valence-corrected chi connectivity index (χ0v) is 21.2. The molecule has 0 saturated carbocycles. The summed E-state index contributed by atoms with van der Waals surface area (Å²) in [5, 5.41) is 9.79. The summed E-state index contributed by atoms with van der Waals surface area (Å²) in [7, 11) is 0. The summed E-state index contributed by atoms with van der Waals surface area (Å²) in [6.45, 7) is 10.8. The fourth-order valence-corrected chi connectivity index (χ4v) is 3.06. The van der Waals surface area contributed by atoms with Gasteiger partial charge in [-0.1, -0.05) is 92.1 Å². The first-order chi connectivity index (χ1) is 16.7. The number of allylic oxidation sites excluding steroid dienone is 1.